The fourth-order valence-electron chi connectivity index (χ4n) is 3.05. The standard InChI is InChI=1S/C20H30BNS2/c1-8-20(6,7)17(14(5)23)13(4)18(21)12(3)16-10-15(24)9-11(2)19(16)22/h9-10,23-24H,5,8,21-22H2,1-4,6-7H3/b17-13+,18-12-. The topological polar surface area (TPSA) is 26.0 Å². The molecule has 0 aliphatic rings. The summed E-state index contributed by atoms with van der Waals surface area (Å²) in [5, 5.41) is 0. The molecule has 1 rings (SSSR count). The molecule has 0 radical (unpaired) electrons. The molecule has 0 atom stereocenters. The maximum Gasteiger partial charge on any atom is 0.140 e. The fraction of sp³-hybridized carbons (Fsp3) is 0.400. The number of nitrogen functional groups attached to an aromatic ring is 1. The predicted octanol–water partition coefficient (Wildman–Crippen LogP) is 5.43. The third kappa shape index (κ3) is 4.34. The van der Waals surface area contributed by atoms with E-state index >= 15 is 0 Å². The molecule has 0 aromatic heterocycles. The van der Waals surface area contributed by atoms with Crippen molar-refractivity contribution in [3.63, 3.8) is 0 Å². The van der Waals surface area contributed by atoms with E-state index in [1.807, 2.05) is 19.1 Å². The lowest BCUT2D eigenvalue weighted by molar-refractivity contribution is 0.436. The lowest BCUT2D eigenvalue weighted by Crippen LogP contribution is -2.16. The molecule has 0 fully saturated rings. The molecule has 0 amide bonds. The summed E-state index contributed by atoms with van der Waals surface area (Å²) in [6, 6.07) is 4.03. The second kappa shape index (κ2) is 7.92. The molecule has 0 bridgehead atoms. The molecule has 0 saturated carbocycles. The van der Waals surface area contributed by atoms with Crippen molar-refractivity contribution in [2.24, 2.45) is 5.41 Å². The molecule has 1 nitrogen and oxygen atoms in total. The maximum atomic E-state index is 6.32. The fourth-order valence-corrected chi connectivity index (χ4v) is 3.84. The van der Waals surface area contributed by atoms with Crippen molar-refractivity contribution in [3.8, 4) is 0 Å². The number of aryl methyl sites for hydroxylation is 1. The van der Waals surface area contributed by atoms with Gasteiger partial charge < -0.3 is 5.73 Å². The van der Waals surface area contributed by atoms with E-state index in [-0.39, 0.29) is 5.41 Å². The molecule has 0 saturated heterocycles. The second-order valence-corrected chi connectivity index (χ2v) is 8.21. The van der Waals surface area contributed by atoms with Gasteiger partial charge in [-0.1, -0.05) is 38.4 Å². The van der Waals surface area contributed by atoms with Crippen LogP contribution in [0.5, 0.6) is 0 Å². The molecule has 0 heterocycles. The van der Waals surface area contributed by atoms with Gasteiger partial charge in [-0.3, -0.25) is 0 Å². The van der Waals surface area contributed by atoms with Gasteiger partial charge in [-0.15, -0.1) is 25.3 Å². The van der Waals surface area contributed by atoms with Gasteiger partial charge in [-0.2, -0.15) is 0 Å². The Morgan fingerprint density at radius 3 is 2.29 bits per heavy atom. The van der Waals surface area contributed by atoms with Crippen LogP contribution in [0.2, 0.25) is 0 Å². The van der Waals surface area contributed by atoms with Crippen molar-refractivity contribution in [1.82, 2.24) is 0 Å². The third-order valence-corrected chi connectivity index (χ3v) is 5.61. The number of rotatable bonds is 5. The molecule has 0 aliphatic heterocycles. The van der Waals surface area contributed by atoms with E-state index in [9.17, 15) is 0 Å². The summed E-state index contributed by atoms with van der Waals surface area (Å²) in [4.78, 5) is 1.76. The zero-order valence-corrected chi connectivity index (χ0v) is 17.8. The second-order valence-electron chi connectivity index (χ2n) is 7.16. The van der Waals surface area contributed by atoms with Crippen LogP contribution in [0.3, 0.4) is 0 Å². The molecular weight excluding hydrogens is 329 g/mol. The molecule has 1 aromatic carbocycles. The largest absolute Gasteiger partial charge is 0.398 e. The van der Waals surface area contributed by atoms with Gasteiger partial charge in [-0.25, -0.2) is 0 Å². The Balaban J connectivity index is 3.67. The quantitative estimate of drug-likeness (QED) is 0.278. The summed E-state index contributed by atoms with van der Waals surface area (Å²) in [5.41, 5.74) is 14.1. The van der Waals surface area contributed by atoms with Crippen molar-refractivity contribution in [1.29, 1.82) is 0 Å². The number of hydrogen-bond acceptors (Lipinski definition) is 3. The summed E-state index contributed by atoms with van der Waals surface area (Å²) >= 11 is 9.08. The van der Waals surface area contributed by atoms with Crippen molar-refractivity contribution < 1.29 is 0 Å². The Morgan fingerprint density at radius 1 is 1.29 bits per heavy atom. The minimum Gasteiger partial charge on any atom is -0.398 e. The number of anilines is 1. The zero-order chi connectivity index (χ0) is 18.8. The van der Waals surface area contributed by atoms with Crippen molar-refractivity contribution >= 4 is 44.4 Å². The molecular formula is C20H30BNS2. The molecule has 4 heteroatoms. The zero-order valence-electron chi connectivity index (χ0n) is 16.0. The average Bonchev–Trinajstić information content (AvgIpc) is 2.48. The van der Waals surface area contributed by atoms with Gasteiger partial charge in [0, 0.05) is 21.1 Å². The van der Waals surface area contributed by atoms with Gasteiger partial charge in [-0.05, 0) is 61.4 Å². The van der Waals surface area contributed by atoms with E-state index in [2.05, 4.69) is 74.3 Å². The first-order chi connectivity index (χ1) is 10.9. The van der Waals surface area contributed by atoms with Gasteiger partial charge in [0.15, 0.2) is 0 Å². The van der Waals surface area contributed by atoms with E-state index in [4.69, 9.17) is 5.73 Å². The molecule has 0 aliphatic carbocycles. The van der Waals surface area contributed by atoms with Crippen molar-refractivity contribution in [2.45, 2.75) is 52.9 Å². The minimum atomic E-state index is 0.0251. The maximum absolute atomic E-state index is 6.32. The smallest absolute Gasteiger partial charge is 0.140 e. The number of allylic oxidation sites excluding steroid dienone is 4. The highest BCUT2D eigenvalue weighted by molar-refractivity contribution is 7.84. The molecule has 0 spiro atoms. The molecule has 130 valence electrons. The van der Waals surface area contributed by atoms with Gasteiger partial charge >= 0.3 is 0 Å². The summed E-state index contributed by atoms with van der Waals surface area (Å²) in [7, 11) is 2.15. The van der Waals surface area contributed by atoms with E-state index in [0.717, 1.165) is 33.0 Å². The molecule has 24 heavy (non-hydrogen) atoms. The van der Waals surface area contributed by atoms with E-state index in [0.29, 0.717) is 0 Å². The van der Waals surface area contributed by atoms with Crippen LogP contribution in [0.4, 0.5) is 5.69 Å². The van der Waals surface area contributed by atoms with Crippen LogP contribution in [0.25, 0.3) is 5.57 Å². The SMILES string of the molecule is BC(/C(C)=C(\C(=C)S)C(C)(C)CC)=C(/C)c1cc(S)cc(C)c1N. The monoisotopic (exact) mass is 359 g/mol. The number of nitrogens with two attached hydrogens (primary N) is 1. The number of hydrogen-bond donors (Lipinski definition) is 3. The van der Waals surface area contributed by atoms with Gasteiger partial charge in [0.05, 0.1) is 0 Å². The summed E-state index contributed by atoms with van der Waals surface area (Å²) < 4.78 is 0. The van der Waals surface area contributed by atoms with Crippen LogP contribution in [-0.2, 0) is 0 Å². The average molecular weight is 359 g/mol. The highest BCUT2D eigenvalue weighted by Gasteiger charge is 2.25. The van der Waals surface area contributed by atoms with Crippen LogP contribution < -0.4 is 5.73 Å². The molecule has 1 aromatic rings. The first-order valence-corrected chi connectivity index (χ1v) is 9.20. The van der Waals surface area contributed by atoms with E-state index in [1.165, 1.54) is 22.2 Å². The number of benzene rings is 1. The molecule has 2 N–H and O–H groups in total. The summed E-state index contributed by atoms with van der Waals surface area (Å²) in [6.07, 6.45) is 1.03. The minimum absolute atomic E-state index is 0.0251. The highest BCUT2D eigenvalue weighted by Crippen LogP contribution is 2.41. The van der Waals surface area contributed by atoms with Gasteiger partial charge in [0.25, 0.3) is 0 Å². The molecule has 0 unspecified atom stereocenters. The highest BCUT2D eigenvalue weighted by atomic mass is 32.1. The van der Waals surface area contributed by atoms with Crippen LogP contribution in [-0.4, -0.2) is 7.85 Å². The lowest BCUT2D eigenvalue weighted by atomic mass is 9.73. The Morgan fingerprint density at radius 2 is 1.83 bits per heavy atom. The van der Waals surface area contributed by atoms with Gasteiger partial charge in [0.2, 0.25) is 0 Å². The Bertz CT molecular complexity index is 727. The number of thiol groups is 2. The van der Waals surface area contributed by atoms with Gasteiger partial charge in [0.1, 0.15) is 7.85 Å². The summed E-state index contributed by atoms with van der Waals surface area (Å²) in [5.74, 6) is 0. The van der Waals surface area contributed by atoms with E-state index < -0.39 is 0 Å². The van der Waals surface area contributed by atoms with Crippen molar-refractivity contribution in [3.05, 3.63) is 51.4 Å². The Hall–Kier alpha value is -0.995. The lowest BCUT2D eigenvalue weighted by Gasteiger charge is -2.30. The normalized spacial score (nSPS) is 14.2. The first-order valence-electron chi connectivity index (χ1n) is 8.30. The predicted molar refractivity (Wildman–Crippen MR) is 119 cm³/mol. The van der Waals surface area contributed by atoms with Crippen LogP contribution in [0.15, 0.2) is 45.1 Å². The Kier molecular flexibility index (Phi) is 6.95. The van der Waals surface area contributed by atoms with Crippen molar-refractivity contribution in [2.75, 3.05) is 5.73 Å². The summed E-state index contributed by atoms with van der Waals surface area (Å²) in [6.45, 7) is 17.1. The Labute approximate surface area is 159 Å². The van der Waals surface area contributed by atoms with Crippen LogP contribution in [0.1, 0.15) is 52.2 Å². The van der Waals surface area contributed by atoms with Crippen LogP contribution >= 0.6 is 25.3 Å². The van der Waals surface area contributed by atoms with E-state index in [1.54, 1.807) is 0 Å². The first kappa shape index (κ1) is 21.0. The van der Waals surface area contributed by atoms with Crippen LogP contribution in [0, 0.1) is 12.3 Å². The third-order valence-electron chi connectivity index (χ3n) is 5.12.